The van der Waals surface area contributed by atoms with Crippen molar-refractivity contribution in [2.24, 2.45) is 0 Å². The van der Waals surface area contributed by atoms with Gasteiger partial charge in [0.15, 0.2) is 12.1 Å². The van der Waals surface area contributed by atoms with E-state index in [9.17, 15) is 25.2 Å². The first-order valence-corrected chi connectivity index (χ1v) is 6.93. The van der Waals surface area contributed by atoms with Crippen LogP contribution in [0.1, 0.15) is 6.42 Å². The van der Waals surface area contributed by atoms with Crippen LogP contribution in [0.5, 0.6) is 0 Å². The maximum Gasteiger partial charge on any atom is 0.186 e. The fourth-order valence-electron chi connectivity index (χ4n) is 2.27. The number of aliphatic hydroxyl groups excluding tert-OH is 4. The van der Waals surface area contributed by atoms with Crippen molar-refractivity contribution in [1.29, 1.82) is 0 Å². The van der Waals surface area contributed by atoms with Crippen molar-refractivity contribution in [2.75, 3.05) is 13.2 Å². The van der Waals surface area contributed by atoms with Crippen LogP contribution in [-0.2, 0) is 14.3 Å². The van der Waals surface area contributed by atoms with Crippen molar-refractivity contribution in [2.45, 2.75) is 42.7 Å². The van der Waals surface area contributed by atoms with Gasteiger partial charge in [-0.15, -0.1) is 0 Å². The van der Waals surface area contributed by atoms with Gasteiger partial charge in [-0.2, -0.15) is 0 Å². The molecule has 0 unspecified atom stereocenters. The molecule has 5 atom stereocenters. The fraction of sp³-hybridized carbons (Fsp3) is 0.643. The summed E-state index contributed by atoms with van der Waals surface area (Å²) in [5, 5.41) is 48.2. The Bertz CT molecular complexity index is 442. The van der Waals surface area contributed by atoms with Gasteiger partial charge in [-0.25, -0.2) is 0 Å². The van der Waals surface area contributed by atoms with Gasteiger partial charge in [-0.3, -0.25) is 4.79 Å². The van der Waals surface area contributed by atoms with E-state index in [1.165, 1.54) is 24.3 Å². The second-order valence-electron chi connectivity index (χ2n) is 5.38. The lowest BCUT2D eigenvalue weighted by atomic mass is 9.94. The van der Waals surface area contributed by atoms with Crippen LogP contribution >= 0.6 is 0 Å². The van der Waals surface area contributed by atoms with Gasteiger partial charge < -0.3 is 35.0 Å². The summed E-state index contributed by atoms with van der Waals surface area (Å²) in [5.74, 6) is -0.223. The van der Waals surface area contributed by atoms with Crippen molar-refractivity contribution < 1.29 is 39.8 Å². The van der Waals surface area contributed by atoms with Crippen molar-refractivity contribution in [3.05, 3.63) is 24.3 Å². The normalized spacial score (nSPS) is 37.5. The third-order valence-corrected chi connectivity index (χ3v) is 3.71. The number of rotatable bonds is 5. The first kappa shape index (κ1) is 17.2. The summed E-state index contributed by atoms with van der Waals surface area (Å²) in [6.45, 7) is -0.579. The predicted octanol–water partition coefficient (Wildman–Crippen LogP) is -2.38. The predicted molar refractivity (Wildman–Crippen MR) is 72.6 cm³/mol. The molecule has 0 radical (unpaired) electrons. The van der Waals surface area contributed by atoms with Crippen LogP contribution in [0.4, 0.5) is 0 Å². The summed E-state index contributed by atoms with van der Waals surface area (Å²) in [7, 11) is 0. The summed E-state index contributed by atoms with van der Waals surface area (Å²) in [5.41, 5.74) is -1.33. The lowest BCUT2D eigenvalue weighted by Gasteiger charge is -2.39. The second-order valence-corrected chi connectivity index (χ2v) is 5.38. The zero-order valence-corrected chi connectivity index (χ0v) is 11.8. The number of ether oxygens (including phenoxy) is 2. The minimum atomic E-state index is -1.51. The van der Waals surface area contributed by atoms with Crippen LogP contribution in [0.3, 0.4) is 0 Å². The van der Waals surface area contributed by atoms with E-state index < -0.39 is 42.9 Å². The third kappa shape index (κ3) is 3.79. The molecule has 0 bridgehead atoms. The van der Waals surface area contributed by atoms with E-state index in [0.717, 1.165) is 0 Å². The Labute approximate surface area is 126 Å². The van der Waals surface area contributed by atoms with E-state index >= 15 is 0 Å². The molecule has 8 nitrogen and oxygen atoms in total. The smallest absolute Gasteiger partial charge is 0.186 e. The molecular formula is C14H20O8. The topological polar surface area (TPSA) is 137 Å². The Kier molecular flexibility index (Phi) is 5.45. The quantitative estimate of drug-likeness (QED) is 0.379. The van der Waals surface area contributed by atoms with E-state index in [1.807, 2.05) is 0 Å². The minimum absolute atomic E-state index is 0.0396. The van der Waals surface area contributed by atoms with Crippen molar-refractivity contribution in [3.63, 3.8) is 0 Å². The maximum atomic E-state index is 11.0. The number of hydrogen-bond acceptors (Lipinski definition) is 8. The summed E-state index contributed by atoms with van der Waals surface area (Å²) in [6, 6.07) is 0. The maximum absolute atomic E-state index is 11.0. The number of hydrogen-bond donors (Lipinski definition) is 5. The largest absolute Gasteiger partial charge is 0.394 e. The molecule has 0 aromatic rings. The van der Waals surface area contributed by atoms with Crippen LogP contribution in [-0.4, -0.2) is 80.8 Å². The molecule has 0 spiro atoms. The number of aliphatic hydroxyl groups is 5. The molecule has 22 heavy (non-hydrogen) atoms. The van der Waals surface area contributed by atoms with Crippen LogP contribution < -0.4 is 0 Å². The molecule has 2 aliphatic rings. The third-order valence-electron chi connectivity index (χ3n) is 3.71. The Morgan fingerprint density at radius 1 is 1.14 bits per heavy atom. The lowest BCUT2D eigenvalue weighted by molar-refractivity contribution is -0.301. The SMILES string of the molecule is O=C1C=CC(O)(CCO[C@H]2O[C@@H](CO)[C@H](O)[C@@H](O)[C@@H]2O)C=C1. The van der Waals surface area contributed by atoms with E-state index in [4.69, 9.17) is 14.6 Å². The van der Waals surface area contributed by atoms with E-state index in [1.54, 1.807) is 0 Å². The highest BCUT2D eigenvalue weighted by molar-refractivity contribution is 6.00. The van der Waals surface area contributed by atoms with Crippen molar-refractivity contribution >= 4 is 5.78 Å². The molecule has 8 heteroatoms. The van der Waals surface area contributed by atoms with Gasteiger partial charge in [0.25, 0.3) is 0 Å². The van der Waals surface area contributed by atoms with Gasteiger partial charge in [0.1, 0.15) is 30.0 Å². The Hall–Kier alpha value is -1.13. The number of allylic oxidation sites excluding steroid dienone is 2. The average molecular weight is 316 g/mol. The molecule has 124 valence electrons. The molecule has 2 rings (SSSR count). The molecule has 1 aliphatic heterocycles. The molecule has 0 aromatic carbocycles. The van der Waals surface area contributed by atoms with Gasteiger partial charge >= 0.3 is 0 Å². The molecule has 0 aromatic heterocycles. The lowest BCUT2D eigenvalue weighted by Crippen LogP contribution is -2.59. The van der Waals surface area contributed by atoms with Crippen LogP contribution in [0.2, 0.25) is 0 Å². The minimum Gasteiger partial charge on any atom is -0.394 e. The highest BCUT2D eigenvalue weighted by atomic mass is 16.7. The zero-order chi connectivity index (χ0) is 16.3. The highest BCUT2D eigenvalue weighted by Gasteiger charge is 2.44. The van der Waals surface area contributed by atoms with Gasteiger partial charge in [-0.05, 0) is 24.3 Å². The molecule has 5 N–H and O–H groups in total. The molecular weight excluding hydrogens is 296 g/mol. The van der Waals surface area contributed by atoms with Crippen LogP contribution in [0.15, 0.2) is 24.3 Å². The summed E-state index contributed by atoms with van der Waals surface area (Å²) in [6.07, 6.45) is -1.45. The van der Waals surface area contributed by atoms with Gasteiger partial charge in [0.05, 0.1) is 13.2 Å². The molecule has 1 saturated heterocycles. The number of carbonyl (C=O) groups excluding carboxylic acids is 1. The first-order chi connectivity index (χ1) is 10.4. The summed E-state index contributed by atoms with van der Waals surface area (Å²) < 4.78 is 10.4. The monoisotopic (exact) mass is 316 g/mol. The van der Waals surface area contributed by atoms with Crippen molar-refractivity contribution in [1.82, 2.24) is 0 Å². The van der Waals surface area contributed by atoms with Crippen LogP contribution in [0, 0.1) is 0 Å². The molecule has 0 amide bonds. The number of ketones is 1. The average Bonchev–Trinajstić information content (AvgIpc) is 2.50. The van der Waals surface area contributed by atoms with E-state index in [0.29, 0.717) is 0 Å². The Morgan fingerprint density at radius 2 is 1.77 bits per heavy atom. The first-order valence-electron chi connectivity index (χ1n) is 6.93. The second kappa shape index (κ2) is 6.97. The molecule has 0 saturated carbocycles. The van der Waals surface area contributed by atoms with Gasteiger partial charge in [-0.1, -0.05) is 0 Å². The van der Waals surface area contributed by atoms with E-state index in [2.05, 4.69) is 0 Å². The zero-order valence-electron chi connectivity index (χ0n) is 11.8. The van der Waals surface area contributed by atoms with Crippen molar-refractivity contribution in [3.8, 4) is 0 Å². The summed E-state index contributed by atoms with van der Waals surface area (Å²) >= 11 is 0. The molecule has 1 fully saturated rings. The highest BCUT2D eigenvalue weighted by Crippen LogP contribution is 2.23. The molecule has 1 heterocycles. The van der Waals surface area contributed by atoms with Gasteiger partial charge in [0, 0.05) is 6.42 Å². The standard InChI is InChI=1S/C14H20O8/c15-7-9-10(17)11(18)12(19)13(22-9)21-6-5-14(20)3-1-8(16)2-4-14/h1-4,9-13,15,17-20H,5-7H2/t9-,10-,11+,12-,13-/m0/s1. The van der Waals surface area contributed by atoms with Crippen LogP contribution in [0.25, 0.3) is 0 Å². The fourth-order valence-corrected chi connectivity index (χ4v) is 2.27. The molecule has 1 aliphatic carbocycles. The van der Waals surface area contributed by atoms with Gasteiger partial charge in [0.2, 0.25) is 0 Å². The summed E-state index contributed by atoms with van der Waals surface area (Å²) in [4.78, 5) is 11.0. The van der Waals surface area contributed by atoms with E-state index in [-0.39, 0.29) is 18.8 Å². The number of carbonyl (C=O) groups is 1. The Morgan fingerprint density at radius 3 is 2.36 bits per heavy atom. The Balaban J connectivity index is 1.87.